The Balaban J connectivity index is 2.53. The summed E-state index contributed by atoms with van der Waals surface area (Å²) in [5.41, 5.74) is -0.239. The molecular weight excluding hydrogens is 224 g/mol. The van der Waals surface area contributed by atoms with E-state index in [1.54, 1.807) is 20.3 Å². The number of ether oxygens (including phenoxy) is 2. The van der Waals surface area contributed by atoms with Gasteiger partial charge in [-0.05, 0) is 20.3 Å². The Morgan fingerprint density at radius 1 is 1.44 bits per heavy atom. The summed E-state index contributed by atoms with van der Waals surface area (Å²) in [4.78, 5) is 12.6. The molecule has 0 bridgehead atoms. The molecule has 0 N–H and O–H groups in total. The second-order valence-electron chi connectivity index (χ2n) is 4.24. The highest BCUT2D eigenvalue weighted by atomic mass is 32.1. The van der Waals surface area contributed by atoms with Crippen LogP contribution in [0.3, 0.4) is 0 Å². The first kappa shape index (κ1) is 13.2. The van der Waals surface area contributed by atoms with Crippen LogP contribution in [0.1, 0.15) is 36.4 Å². The maximum Gasteiger partial charge on any atom is 0.173 e. The van der Waals surface area contributed by atoms with Crippen molar-refractivity contribution in [2.75, 3.05) is 14.2 Å². The van der Waals surface area contributed by atoms with Gasteiger partial charge < -0.3 is 9.47 Å². The number of rotatable bonds is 6. The van der Waals surface area contributed by atoms with Gasteiger partial charge in [0, 0.05) is 25.0 Å². The second kappa shape index (κ2) is 5.46. The number of carbonyl (C=O) groups is 1. The van der Waals surface area contributed by atoms with Crippen molar-refractivity contribution in [2.24, 2.45) is 0 Å². The smallest absolute Gasteiger partial charge is 0.173 e. The van der Waals surface area contributed by atoms with Crippen LogP contribution >= 0.6 is 11.3 Å². The van der Waals surface area contributed by atoms with E-state index in [0.29, 0.717) is 6.42 Å². The molecule has 16 heavy (non-hydrogen) atoms. The van der Waals surface area contributed by atoms with E-state index in [-0.39, 0.29) is 11.4 Å². The zero-order chi connectivity index (χ0) is 12.2. The van der Waals surface area contributed by atoms with Gasteiger partial charge in [-0.2, -0.15) is 0 Å². The molecule has 0 aliphatic carbocycles. The molecule has 0 unspecified atom stereocenters. The lowest BCUT2D eigenvalue weighted by molar-refractivity contribution is 0.0142. The van der Waals surface area contributed by atoms with Crippen molar-refractivity contribution in [1.82, 2.24) is 0 Å². The van der Waals surface area contributed by atoms with Gasteiger partial charge in [0.15, 0.2) is 5.78 Å². The highest BCUT2D eigenvalue weighted by Gasteiger charge is 2.19. The van der Waals surface area contributed by atoms with Crippen LogP contribution in [0.15, 0.2) is 11.4 Å². The first-order valence-corrected chi connectivity index (χ1v) is 6.07. The summed E-state index contributed by atoms with van der Waals surface area (Å²) in [6, 6.07) is 1.78. The molecule has 0 aliphatic rings. The van der Waals surface area contributed by atoms with Gasteiger partial charge in [0.25, 0.3) is 0 Å². The molecule has 0 saturated heterocycles. The maximum absolute atomic E-state index is 11.8. The van der Waals surface area contributed by atoms with E-state index in [2.05, 4.69) is 0 Å². The van der Waals surface area contributed by atoms with Crippen molar-refractivity contribution >= 4 is 17.1 Å². The van der Waals surface area contributed by atoms with E-state index in [4.69, 9.17) is 9.47 Å². The summed E-state index contributed by atoms with van der Waals surface area (Å²) in [6.45, 7) is 3.96. The molecule has 0 atom stereocenters. The van der Waals surface area contributed by atoms with Crippen LogP contribution < -0.4 is 4.74 Å². The number of ketones is 1. The lowest BCUT2D eigenvalue weighted by atomic mass is 10.0. The Bertz CT molecular complexity index is 355. The molecule has 1 aromatic heterocycles. The summed E-state index contributed by atoms with van der Waals surface area (Å²) in [7, 11) is 3.27. The Morgan fingerprint density at radius 2 is 2.12 bits per heavy atom. The van der Waals surface area contributed by atoms with Gasteiger partial charge in [0.05, 0.1) is 17.6 Å². The van der Waals surface area contributed by atoms with Crippen LogP contribution in [0.25, 0.3) is 0 Å². The van der Waals surface area contributed by atoms with Gasteiger partial charge in [0.1, 0.15) is 5.75 Å². The molecule has 1 heterocycles. The van der Waals surface area contributed by atoms with E-state index in [9.17, 15) is 4.79 Å². The molecule has 0 aliphatic heterocycles. The Morgan fingerprint density at radius 3 is 2.62 bits per heavy atom. The Hall–Kier alpha value is -0.870. The largest absolute Gasteiger partial charge is 0.496 e. The maximum atomic E-state index is 11.8. The predicted molar refractivity (Wildman–Crippen MR) is 65.5 cm³/mol. The van der Waals surface area contributed by atoms with Crippen LogP contribution in [-0.2, 0) is 4.74 Å². The van der Waals surface area contributed by atoms with E-state index in [1.165, 1.54) is 11.3 Å². The van der Waals surface area contributed by atoms with E-state index >= 15 is 0 Å². The van der Waals surface area contributed by atoms with E-state index in [1.807, 2.05) is 19.2 Å². The third-order valence-corrected chi connectivity index (χ3v) is 3.54. The normalized spacial score (nSPS) is 11.5. The SMILES string of the molecule is COc1csc(C(=O)CCC(C)(C)OC)c1. The van der Waals surface area contributed by atoms with Gasteiger partial charge in [-0.15, -0.1) is 11.3 Å². The fraction of sp³-hybridized carbons (Fsp3) is 0.583. The summed E-state index contributed by atoms with van der Waals surface area (Å²) >= 11 is 1.43. The number of carbonyl (C=O) groups excluding carboxylic acids is 1. The molecule has 1 aromatic rings. The third kappa shape index (κ3) is 3.61. The number of hydrogen-bond acceptors (Lipinski definition) is 4. The first-order valence-electron chi connectivity index (χ1n) is 5.19. The van der Waals surface area contributed by atoms with Crippen LogP contribution in [-0.4, -0.2) is 25.6 Å². The highest BCUT2D eigenvalue weighted by Crippen LogP contribution is 2.24. The Labute approximate surface area is 100 Å². The Kier molecular flexibility index (Phi) is 4.50. The van der Waals surface area contributed by atoms with Crippen molar-refractivity contribution in [3.8, 4) is 5.75 Å². The molecule has 0 spiro atoms. The predicted octanol–water partition coefficient (Wildman–Crippen LogP) is 3.14. The standard InChI is InChI=1S/C12H18O3S/c1-12(2,15-4)6-5-10(13)11-7-9(14-3)8-16-11/h7-8H,5-6H2,1-4H3. The summed E-state index contributed by atoms with van der Waals surface area (Å²) in [5, 5.41) is 1.84. The van der Waals surface area contributed by atoms with E-state index < -0.39 is 0 Å². The van der Waals surface area contributed by atoms with E-state index in [0.717, 1.165) is 17.0 Å². The average molecular weight is 242 g/mol. The fourth-order valence-corrected chi connectivity index (χ4v) is 2.04. The minimum Gasteiger partial charge on any atom is -0.496 e. The van der Waals surface area contributed by atoms with Gasteiger partial charge >= 0.3 is 0 Å². The van der Waals surface area contributed by atoms with Crippen molar-refractivity contribution in [2.45, 2.75) is 32.3 Å². The van der Waals surface area contributed by atoms with Crippen molar-refractivity contribution < 1.29 is 14.3 Å². The molecule has 0 radical (unpaired) electrons. The summed E-state index contributed by atoms with van der Waals surface area (Å²) in [5.74, 6) is 0.901. The van der Waals surface area contributed by atoms with Crippen molar-refractivity contribution in [1.29, 1.82) is 0 Å². The van der Waals surface area contributed by atoms with Crippen LogP contribution in [0.5, 0.6) is 5.75 Å². The minimum atomic E-state index is -0.239. The molecule has 0 fully saturated rings. The molecule has 0 amide bonds. The lowest BCUT2D eigenvalue weighted by Crippen LogP contribution is -2.23. The molecule has 90 valence electrons. The van der Waals surface area contributed by atoms with Gasteiger partial charge in [0.2, 0.25) is 0 Å². The molecule has 1 rings (SSSR count). The fourth-order valence-electron chi connectivity index (χ4n) is 1.21. The molecule has 4 heteroatoms. The number of methoxy groups -OCH3 is 2. The number of thiophene rings is 1. The minimum absolute atomic E-state index is 0.151. The van der Waals surface area contributed by atoms with Crippen molar-refractivity contribution in [3.05, 3.63) is 16.3 Å². The van der Waals surface area contributed by atoms with Gasteiger partial charge in [-0.3, -0.25) is 4.79 Å². The molecule has 0 saturated carbocycles. The molecular formula is C12H18O3S. The van der Waals surface area contributed by atoms with Crippen LogP contribution in [0, 0.1) is 0 Å². The zero-order valence-electron chi connectivity index (χ0n) is 10.2. The molecule has 3 nitrogen and oxygen atoms in total. The third-order valence-electron chi connectivity index (χ3n) is 2.59. The average Bonchev–Trinajstić information content (AvgIpc) is 2.74. The highest BCUT2D eigenvalue weighted by molar-refractivity contribution is 7.12. The van der Waals surface area contributed by atoms with Crippen LogP contribution in [0.2, 0.25) is 0 Å². The molecule has 0 aromatic carbocycles. The zero-order valence-corrected chi connectivity index (χ0v) is 11.0. The monoisotopic (exact) mass is 242 g/mol. The van der Waals surface area contributed by atoms with Crippen LogP contribution in [0.4, 0.5) is 0 Å². The second-order valence-corrected chi connectivity index (χ2v) is 5.15. The lowest BCUT2D eigenvalue weighted by Gasteiger charge is -2.21. The summed E-state index contributed by atoms with van der Waals surface area (Å²) < 4.78 is 10.3. The van der Waals surface area contributed by atoms with Gasteiger partial charge in [-0.25, -0.2) is 0 Å². The number of Topliss-reactive ketones (excluding diaryl/α,β-unsaturated/α-hetero) is 1. The van der Waals surface area contributed by atoms with Gasteiger partial charge in [-0.1, -0.05) is 0 Å². The van der Waals surface area contributed by atoms with Crippen molar-refractivity contribution in [3.63, 3.8) is 0 Å². The summed E-state index contributed by atoms with van der Waals surface area (Å²) in [6.07, 6.45) is 1.23. The topological polar surface area (TPSA) is 35.5 Å². The first-order chi connectivity index (χ1) is 7.48. The number of hydrogen-bond donors (Lipinski definition) is 0. The quantitative estimate of drug-likeness (QED) is 0.719.